The molecule has 0 heterocycles. The van der Waals surface area contributed by atoms with Gasteiger partial charge in [-0.15, -0.1) is 5.92 Å². The van der Waals surface area contributed by atoms with E-state index in [2.05, 4.69) is 16.6 Å². The largest absolute Gasteiger partial charge is 0.468 e. The Morgan fingerprint density at radius 2 is 1.92 bits per heavy atom. The number of esters is 1. The molecule has 0 aliphatic carbocycles. The number of methoxy groups -OCH3 is 1. The van der Waals surface area contributed by atoms with Gasteiger partial charge in [0.2, 0.25) is 0 Å². The number of carbonyl (C=O) groups is 1. The highest BCUT2D eigenvalue weighted by atomic mass is 16.5. The zero-order chi connectivity index (χ0) is 9.82. The van der Waals surface area contributed by atoms with Crippen molar-refractivity contribution in [2.45, 2.75) is 13.3 Å². The van der Waals surface area contributed by atoms with Gasteiger partial charge in [0.05, 0.1) is 20.3 Å². The van der Waals surface area contributed by atoms with Gasteiger partial charge >= 0.3 is 5.97 Å². The number of hydrogen-bond acceptors (Lipinski definition) is 4. The molecule has 0 bridgehead atoms. The molecule has 0 rings (SSSR count). The maximum atomic E-state index is 10.2. The minimum Gasteiger partial charge on any atom is -0.468 e. The highest BCUT2D eigenvalue weighted by Gasteiger charge is 1.91. The van der Waals surface area contributed by atoms with E-state index in [1.165, 1.54) is 7.11 Å². The second-order valence-electron chi connectivity index (χ2n) is 1.63. The fraction of sp³-hybridized carbons (Fsp3) is 0.625. The summed E-state index contributed by atoms with van der Waals surface area (Å²) in [7, 11) is 1.35. The lowest BCUT2D eigenvalue weighted by molar-refractivity contribution is -0.139. The molecule has 0 atom stereocenters. The third-order valence-electron chi connectivity index (χ3n) is 0.737. The summed E-state index contributed by atoms with van der Waals surface area (Å²) < 4.78 is 4.31. The van der Waals surface area contributed by atoms with Crippen molar-refractivity contribution in [1.82, 2.24) is 0 Å². The molecule has 0 aromatic rings. The first kappa shape index (κ1) is 13.5. The van der Waals surface area contributed by atoms with E-state index < -0.39 is 0 Å². The van der Waals surface area contributed by atoms with Crippen LogP contribution in [0.3, 0.4) is 0 Å². The predicted octanol–water partition coefficient (Wildman–Crippen LogP) is -0.456. The lowest BCUT2D eigenvalue weighted by Crippen LogP contribution is -1.96. The molecule has 0 saturated carbocycles. The Morgan fingerprint density at radius 3 is 2.17 bits per heavy atom. The van der Waals surface area contributed by atoms with E-state index in [1.54, 1.807) is 6.92 Å². The van der Waals surface area contributed by atoms with Gasteiger partial charge in [-0.2, -0.15) is 0 Å². The van der Waals surface area contributed by atoms with Crippen LogP contribution in [0.2, 0.25) is 0 Å². The number of aliphatic hydroxyl groups excluding tert-OH is 2. The van der Waals surface area contributed by atoms with Crippen LogP contribution < -0.4 is 0 Å². The number of ether oxygens (including phenoxy) is 1. The van der Waals surface area contributed by atoms with Crippen molar-refractivity contribution >= 4 is 5.97 Å². The summed E-state index contributed by atoms with van der Waals surface area (Å²) in [5.74, 6) is 4.88. The maximum absolute atomic E-state index is 10.2. The first-order valence-electron chi connectivity index (χ1n) is 3.41. The van der Waals surface area contributed by atoms with E-state index in [4.69, 9.17) is 10.2 Å². The van der Waals surface area contributed by atoms with Gasteiger partial charge in [0.25, 0.3) is 0 Å². The molecule has 0 spiro atoms. The normalized spacial score (nSPS) is 7.00. The molecule has 0 aromatic heterocycles. The monoisotopic (exact) mass is 174 g/mol. The summed E-state index contributed by atoms with van der Waals surface area (Å²) in [6, 6.07) is 0. The quantitative estimate of drug-likeness (QED) is 0.439. The van der Waals surface area contributed by atoms with Crippen molar-refractivity contribution in [2.75, 3.05) is 20.3 Å². The lowest BCUT2D eigenvalue weighted by Gasteiger charge is -1.87. The first-order chi connectivity index (χ1) is 5.72. The highest BCUT2D eigenvalue weighted by Crippen LogP contribution is 1.78. The van der Waals surface area contributed by atoms with Gasteiger partial charge in [0.15, 0.2) is 0 Å². The zero-order valence-electron chi connectivity index (χ0n) is 7.33. The second kappa shape index (κ2) is 12.6. The first-order valence-corrected chi connectivity index (χ1v) is 3.41. The third-order valence-corrected chi connectivity index (χ3v) is 0.737. The lowest BCUT2D eigenvalue weighted by atomic mass is 10.4. The summed E-state index contributed by atoms with van der Waals surface area (Å²) in [5.41, 5.74) is 0. The molecule has 0 fully saturated rings. The topological polar surface area (TPSA) is 66.8 Å². The molecule has 0 unspecified atom stereocenters. The Labute approximate surface area is 72.2 Å². The molecule has 0 amide bonds. The Bertz CT molecular complexity index is 152. The average Bonchev–Trinajstić information content (AvgIpc) is 2.14. The van der Waals surface area contributed by atoms with Crippen molar-refractivity contribution in [1.29, 1.82) is 0 Å². The van der Waals surface area contributed by atoms with Crippen LogP contribution in [0.5, 0.6) is 0 Å². The van der Waals surface area contributed by atoms with E-state index >= 15 is 0 Å². The van der Waals surface area contributed by atoms with Crippen molar-refractivity contribution in [2.24, 2.45) is 0 Å². The molecule has 70 valence electrons. The van der Waals surface area contributed by atoms with Crippen molar-refractivity contribution in [3.63, 3.8) is 0 Å². The summed E-state index contributed by atoms with van der Waals surface area (Å²) in [6.45, 7) is 1.43. The molecule has 0 aromatic carbocycles. The molecule has 0 aliphatic rings. The van der Waals surface area contributed by atoms with Gasteiger partial charge in [-0.1, -0.05) is 5.92 Å². The fourth-order valence-electron chi connectivity index (χ4n) is 0.233. The molecule has 12 heavy (non-hydrogen) atoms. The summed E-state index contributed by atoms with van der Waals surface area (Å²) >= 11 is 0. The van der Waals surface area contributed by atoms with Crippen molar-refractivity contribution < 1.29 is 19.7 Å². The molecule has 4 heteroatoms. The van der Waals surface area contributed by atoms with Crippen LogP contribution in [-0.4, -0.2) is 36.5 Å². The van der Waals surface area contributed by atoms with Crippen LogP contribution in [0.1, 0.15) is 13.3 Å². The smallest absolute Gasteiger partial charge is 0.317 e. The summed E-state index contributed by atoms with van der Waals surface area (Å²) in [4.78, 5) is 10.2. The molecule has 0 aliphatic heterocycles. The van der Waals surface area contributed by atoms with Gasteiger partial charge in [-0.3, -0.25) is 4.79 Å². The predicted molar refractivity (Wildman–Crippen MR) is 44.3 cm³/mol. The average molecular weight is 174 g/mol. The van der Waals surface area contributed by atoms with E-state index in [9.17, 15) is 4.79 Å². The standard InChI is InChI=1S/C6H8O2.C2H6O2/c1-3-4-5-6(7)8-2;3-1-2-4/h5H2,1-2H3;3-4H,1-2H2. The van der Waals surface area contributed by atoms with Crippen molar-refractivity contribution in [3.05, 3.63) is 0 Å². The SMILES string of the molecule is CC#CCC(=O)OC.OCCO. The van der Waals surface area contributed by atoms with Crippen LogP contribution >= 0.6 is 0 Å². The van der Waals surface area contributed by atoms with E-state index in [0.29, 0.717) is 0 Å². The van der Waals surface area contributed by atoms with E-state index in [0.717, 1.165) is 0 Å². The van der Waals surface area contributed by atoms with Gasteiger partial charge in [0, 0.05) is 0 Å². The van der Waals surface area contributed by atoms with Gasteiger partial charge in [0.1, 0.15) is 6.42 Å². The number of rotatable bonds is 2. The fourth-order valence-corrected chi connectivity index (χ4v) is 0.233. The Morgan fingerprint density at radius 1 is 1.42 bits per heavy atom. The summed E-state index contributed by atoms with van der Waals surface area (Å²) in [6.07, 6.45) is 0.201. The molecule has 4 nitrogen and oxygen atoms in total. The molecule has 0 radical (unpaired) electrons. The van der Waals surface area contributed by atoms with Crippen LogP contribution in [-0.2, 0) is 9.53 Å². The molecular formula is C8H14O4. The minimum atomic E-state index is -0.278. The third kappa shape index (κ3) is 16.0. The Kier molecular flexibility index (Phi) is 14.2. The van der Waals surface area contributed by atoms with E-state index in [-0.39, 0.29) is 25.6 Å². The second-order valence-corrected chi connectivity index (χ2v) is 1.63. The Hall–Kier alpha value is -1.05. The Balaban J connectivity index is 0. The molecular weight excluding hydrogens is 160 g/mol. The maximum Gasteiger partial charge on any atom is 0.317 e. The van der Waals surface area contributed by atoms with Crippen LogP contribution in [0.15, 0.2) is 0 Å². The highest BCUT2D eigenvalue weighted by molar-refractivity contribution is 5.72. The number of aliphatic hydroxyl groups is 2. The minimum absolute atomic E-state index is 0.125. The van der Waals surface area contributed by atoms with Crippen LogP contribution in [0.25, 0.3) is 0 Å². The van der Waals surface area contributed by atoms with Crippen LogP contribution in [0.4, 0.5) is 0 Å². The van der Waals surface area contributed by atoms with Crippen LogP contribution in [0, 0.1) is 11.8 Å². The zero-order valence-corrected chi connectivity index (χ0v) is 7.33. The van der Waals surface area contributed by atoms with Gasteiger partial charge in [-0.25, -0.2) is 0 Å². The number of hydrogen-bond donors (Lipinski definition) is 2. The molecule has 0 saturated heterocycles. The number of carbonyl (C=O) groups excluding carboxylic acids is 1. The van der Waals surface area contributed by atoms with E-state index in [1.807, 2.05) is 0 Å². The summed E-state index contributed by atoms with van der Waals surface area (Å²) in [5, 5.41) is 15.2. The van der Waals surface area contributed by atoms with Crippen molar-refractivity contribution in [3.8, 4) is 11.8 Å². The van der Waals surface area contributed by atoms with Gasteiger partial charge < -0.3 is 14.9 Å². The molecule has 2 N–H and O–H groups in total. The van der Waals surface area contributed by atoms with Gasteiger partial charge in [-0.05, 0) is 6.92 Å².